The Bertz CT molecular complexity index is 838. The van der Waals surface area contributed by atoms with Crippen LogP contribution in [0.2, 0.25) is 19.6 Å². The molecule has 0 atom stereocenters. The van der Waals surface area contributed by atoms with Gasteiger partial charge in [-0.3, -0.25) is 0 Å². The molecular formula is C18H22F3N3OSi. The highest BCUT2D eigenvalue weighted by molar-refractivity contribution is 6.83. The molecule has 0 fully saturated rings. The first-order valence-electron chi connectivity index (χ1n) is 8.04. The van der Waals surface area contributed by atoms with E-state index in [1.54, 1.807) is 4.68 Å². The Hall–Kier alpha value is -2.40. The zero-order valence-corrected chi connectivity index (χ0v) is 16.7. The van der Waals surface area contributed by atoms with Crippen molar-refractivity contribution in [1.82, 2.24) is 9.78 Å². The van der Waals surface area contributed by atoms with Gasteiger partial charge >= 0.3 is 6.36 Å². The van der Waals surface area contributed by atoms with E-state index in [1.165, 1.54) is 24.3 Å². The van der Waals surface area contributed by atoms with Crippen molar-refractivity contribution in [3.05, 3.63) is 35.5 Å². The van der Waals surface area contributed by atoms with Crippen molar-refractivity contribution in [2.75, 3.05) is 19.0 Å². The van der Waals surface area contributed by atoms with Gasteiger partial charge < -0.3 is 9.64 Å². The molecule has 0 spiro atoms. The Morgan fingerprint density at radius 2 is 1.69 bits per heavy atom. The van der Waals surface area contributed by atoms with Gasteiger partial charge in [0.05, 0.1) is 16.9 Å². The third-order valence-corrected chi connectivity index (χ3v) is 4.27. The third-order valence-electron chi connectivity index (χ3n) is 3.40. The molecule has 1 aromatic heterocycles. The summed E-state index contributed by atoms with van der Waals surface area (Å²) >= 11 is 0. The second-order valence-electron chi connectivity index (χ2n) is 7.13. The van der Waals surface area contributed by atoms with Crippen LogP contribution in [0.4, 0.5) is 19.0 Å². The summed E-state index contributed by atoms with van der Waals surface area (Å²) in [6.45, 7) is 8.38. The van der Waals surface area contributed by atoms with E-state index in [0.29, 0.717) is 5.69 Å². The summed E-state index contributed by atoms with van der Waals surface area (Å²) in [5, 5.41) is 4.58. The molecule has 0 unspecified atom stereocenters. The number of rotatable bonds is 3. The van der Waals surface area contributed by atoms with Crippen molar-refractivity contribution in [2.45, 2.75) is 32.9 Å². The Balaban J connectivity index is 2.45. The fraction of sp³-hybridized carbons (Fsp3) is 0.389. The molecular weight excluding hydrogens is 359 g/mol. The second-order valence-corrected chi connectivity index (χ2v) is 11.9. The normalized spacial score (nSPS) is 11.7. The molecule has 0 aliphatic carbocycles. The summed E-state index contributed by atoms with van der Waals surface area (Å²) in [6, 6.07) is 5.62. The number of aromatic nitrogens is 2. The first-order valence-corrected chi connectivity index (χ1v) is 11.5. The van der Waals surface area contributed by atoms with Crippen molar-refractivity contribution in [1.29, 1.82) is 0 Å². The Labute approximate surface area is 152 Å². The van der Waals surface area contributed by atoms with Crippen LogP contribution in [-0.2, 0) is 0 Å². The van der Waals surface area contributed by atoms with Gasteiger partial charge in [-0.1, -0.05) is 25.6 Å². The van der Waals surface area contributed by atoms with E-state index in [2.05, 4.69) is 40.9 Å². The van der Waals surface area contributed by atoms with Gasteiger partial charge in [-0.2, -0.15) is 0 Å². The first-order chi connectivity index (χ1) is 11.9. The number of hydrogen-bond donors (Lipinski definition) is 0. The average Bonchev–Trinajstić information content (AvgIpc) is 2.81. The van der Waals surface area contributed by atoms with Crippen LogP contribution in [0.25, 0.3) is 5.69 Å². The molecule has 0 bridgehead atoms. The van der Waals surface area contributed by atoms with E-state index in [9.17, 15) is 13.2 Å². The summed E-state index contributed by atoms with van der Waals surface area (Å²) in [5.41, 5.74) is 5.64. The van der Waals surface area contributed by atoms with Crippen LogP contribution in [0.15, 0.2) is 24.3 Å². The molecule has 0 aliphatic heterocycles. The minimum absolute atomic E-state index is 0.266. The topological polar surface area (TPSA) is 30.3 Å². The maximum atomic E-state index is 12.3. The standard InChI is InChI=1S/C18H22F3N3OSi/c1-13-16(11-12-26(4,5)6)17(23(2)3)22-24(13)14-7-9-15(10-8-14)25-18(19,20)21/h7-10H,1-6H3. The van der Waals surface area contributed by atoms with Crippen LogP contribution in [0, 0.1) is 18.4 Å². The first kappa shape index (κ1) is 19.9. The summed E-state index contributed by atoms with van der Waals surface area (Å²) < 4.78 is 42.5. The molecule has 0 radical (unpaired) electrons. The van der Waals surface area contributed by atoms with Crippen molar-refractivity contribution in [2.24, 2.45) is 0 Å². The molecule has 4 nitrogen and oxygen atoms in total. The maximum Gasteiger partial charge on any atom is 0.573 e. The monoisotopic (exact) mass is 381 g/mol. The maximum absolute atomic E-state index is 12.3. The lowest BCUT2D eigenvalue weighted by atomic mass is 10.2. The van der Waals surface area contributed by atoms with Gasteiger partial charge in [0, 0.05) is 14.1 Å². The van der Waals surface area contributed by atoms with Gasteiger partial charge in [0.1, 0.15) is 13.8 Å². The summed E-state index contributed by atoms with van der Waals surface area (Å²) in [4.78, 5) is 1.87. The van der Waals surface area contributed by atoms with E-state index < -0.39 is 14.4 Å². The lowest BCUT2D eigenvalue weighted by Crippen LogP contribution is -2.17. The van der Waals surface area contributed by atoms with Crippen LogP contribution in [-0.4, -0.2) is 38.3 Å². The summed E-state index contributed by atoms with van der Waals surface area (Å²) in [7, 11) is 2.20. The average molecular weight is 381 g/mol. The number of nitrogens with zero attached hydrogens (tertiary/aromatic N) is 3. The van der Waals surface area contributed by atoms with E-state index in [4.69, 9.17) is 0 Å². The highest BCUT2D eigenvalue weighted by Gasteiger charge is 2.31. The molecule has 2 rings (SSSR count). The highest BCUT2D eigenvalue weighted by Crippen LogP contribution is 2.26. The van der Waals surface area contributed by atoms with Gasteiger partial charge in [0.2, 0.25) is 0 Å². The molecule has 8 heteroatoms. The smallest absolute Gasteiger partial charge is 0.406 e. The molecule has 0 saturated carbocycles. The molecule has 0 saturated heterocycles. The van der Waals surface area contributed by atoms with E-state index in [1.807, 2.05) is 25.9 Å². The fourth-order valence-corrected chi connectivity index (χ4v) is 2.74. The van der Waals surface area contributed by atoms with Gasteiger partial charge in [-0.05, 0) is 31.2 Å². The molecule has 0 N–H and O–H groups in total. The predicted molar refractivity (Wildman–Crippen MR) is 99.5 cm³/mol. The summed E-state index contributed by atoms with van der Waals surface area (Å²) in [5.74, 6) is 3.71. The van der Waals surface area contributed by atoms with Crippen LogP contribution >= 0.6 is 0 Å². The number of hydrogen-bond acceptors (Lipinski definition) is 3. The van der Waals surface area contributed by atoms with Gasteiger partial charge in [0.15, 0.2) is 5.82 Å². The van der Waals surface area contributed by atoms with Gasteiger partial charge in [0.25, 0.3) is 0 Å². The van der Waals surface area contributed by atoms with Crippen molar-refractivity contribution in [3.8, 4) is 22.9 Å². The number of anilines is 1. The summed E-state index contributed by atoms with van der Waals surface area (Å²) in [6.07, 6.45) is -4.71. The predicted octanol–water partition coefficient (Wildman–Crippen LogP) is 4.37. The number of halogens is 3. The fourth-order valence-electron chi connectivity index (χ4n) is 2.24. The molecule has 140 valence electrons. The van der Waals surface area contributed by atoms with Crippen LogP contribution in [0.1, 0.15) is 11.3 Å². The molecule has 1 heterocycles. The minimum atomic E-state index is -4.71. The molecule has 0 amide bonds. The molecule has 2 aromatic rings. The number of benzene rings is 1. The van der Waals surface area contributed by atoms with E-state index in [-0.39, 0.29) is 5.75 Å². The lowest BCUT2D eigenvalue weighted by Gasteiger charge is -2.10. The van der Waals surface area contributed by atoms with E-state index >= 15 is 0 Å². The quantitative estimate of drug-likeness (QED) is 0.584. The molecule has 0 aliphatic rings. The second kappa shape index (κ2) is 7.07. The van der Waals surface area contributed by atoms with Crippen LogP contribution in [0.3, 0.4) is 0 Å². The third kappa shape index (κ3) is 5.05. The van der Waals surface area contributed by atoms with Crippen molar-refractivity contribution < 1.29 is 17.9 Å². The SMILES string of the molecule is Cc1c(C#C[Si](C)(C)C)c(N(C)C)nn1-c1ccc(OC(F)(F)F)cc1. The van der Waals surface area contributed by atoms with Crippen LogP contribution in [0.5, 0.6) is 5.75 Å². The van der Waals surface area contributed by atoms with Gasteiger partial charge in [-0.15, -0.1) is 23.8 Å². The largest absolute Gasteiger partial charge is 0.573 e. The van der Waals surface area contributed by atoms with E-state index in [0.717, 1.165) is 17.1 Å². The zero-order chi connectivity index (χ0) is 19.7. The lowest BCUT2D eigenvalue weighted by molar-refractivity contribution is -0.274. The Morgan fingerprint density at radius 1 is 1.12 bits per heavy atom. The molecule has 1 aromatic carbocycles. The van der Waals surface area contributed by atoms with Crippen molar-refractivity contribution in [3.63, 3.8) is 0 Å². The van der Waals surface area contributed by atoms with Gasteiger partial charge in [-0.25, -0.2) is 4.68 Å². The zero-order valence-electron chi connectivity index (χ0n) is 15.7. The Morgan fingerprint density at radius 3 is 2.15 bits per heavy atom. The number of alkyl halides is 3. The molecule has 26 heavy (non-hydrogen) atoms. The Kier molecular flexibility index (Phi) is 5.42. The minimum Gasteiger partial charge on any atom is -0.406 e. The van der Waals surface area contributed by atoms with Crippen LogP contribution < -0.4 is 9.64 Å². The highest BCUT2D eigenvalue weighted by atomic mass is 28.3. The number of ether oxygens (including phenoxy) is 1. The van der Waals surface area contributed by atoms with Crippen molar-refractivity contribution >= 4 is 13.9 Å².